The number of carboxylic acid groups (broad SMARTS) is 1. The molecule has 7 heteroatoms. The number of hydrogen-bond donors (Lipinski definition) is 4. The van der Waals surface area contributed by atoms with E-state index in [-0.39, 0.29) is 16.8 Å². The first kappa shape index (κ1) is 17.0. The lowest BCUT2D eigenvalue weighted by molar-refractivity contribution is 0.0692. The van der Waals surface area contributed by atoms with Gasteiger partial charge in [0.1, 0.15) is 5.69 Å². The maximum atomic E-state index is 11.9. The number of aromatic amines is 1. The number of ether oxygens (including phenoxy) is 1. The van der Waals surface area contributed by atoms with Crippen LogP contribution in [0.4, 0.5) is 10.5 Å². The second-order valence-electron chi connectivity index (χ2n) is 5.76. The van der Waals surface area contributed by atoms with Gasteiger partial charge < -0.3 is 25.5 Å². The first-order valence-corrected chi connectivity index (χ1v) is 6.72. The fourth-order valence-corrected chi connectivity index (χ4v) is 1.81. The minimum absolute atomic E-state index is 0.0266. The number of amides is 2. The van der Waals surface area contributed by atoms with Gasteiger partial charge in [0.05, 0.1) is 5.69 Å². The van der Waals surface area contributed by atoms with Gasteiger partial charge in [0.25, 0.3) is 0 Å². The SMILES string of the molecule is COCCC(C)(C)CNC(=O)Nc1cc(C)[nH]c1C(=O)O. The molecule has 7 nitrogen and oxygen atoms in total. The molecule has 0 radical (unpaired) electrons. The third-order valence-corrected chi connectivity index (χ3v) is 3.12. The van der Waals surface area contributed by atoms with Crippen LogP contribution in [0.25, 0.3) is 0 Å². The van der Waals surface area contributed by atoms with E-state index >= 15 is 0 Å². The van der Waals surface area contributed by atoms with Crippen molar-refractivity contribution in [2.75, 3.05) is 25.6 Å². The van der Waals surface area contributed by atoms with Crippen LogP contribution in [0.3, 0.4) is 0 Å². The van der Waals surface area contributed by atoms with Crippen molar-refractivity contribution in [3.63, 3.8) is 0 Å². The zero-order chi connectivity index (χ0) is 16.0. The van der Waals surface area contributed by atoms with Gasteiger partial charge in [-0.1, -0.05) is 13.8 Å². The zero-order valence-electron chi connectivity index (χ0n) is 12.9. The van der Waals surface area contributed by atoms with Gasteiger partial charge in [-0.25, -0.2) is 9.59 Å². The predicted molar refractivity (Wildman–Crippen MR) is 79.8 cm³/mol. The monoisotopic (exact) mass is 297 g/mol. The number of methoxy groups -OCH3 is 1. The van der Waals surface area contributed by atoms with Crippen LogP contribution < -0.4 is 10.6 Å². The molecule has 1 heterocycles. The van der Waals surface area contributed by atoms with E-state index in [1.54, 1.807) is 20.1 Å². The Balaban J connectivity index is 2.56. The largest absolute Gasteiger partial charge is 0.477 e. The Morgan fingerprint density at radius 2 is 2.10 bits per heavy atom. The van der Waals surface area contributed by atoms with E-state index in [2.05, 4.69) is 15.6 Å². The number of hydrogen-bond acceptors (Lipinski definition) is 3. The standard InChI is InChI=1S/C14H23N3O4/c1-9-7-10(11(16-9)12(18)19)17-13(20)15-8-14(2,3)5-6-21-4/h7,16H,5-6,8H2,1-4H3,(H,18,19)(H2,15,17,20). The number of carbonyl (C=O) groups excluding carboxylic acids is 1. The summed E-state index contributed by atoms with van der Waals surface area (Å²) in [7, 11) is 1.64. The Hall–Kier alpha value is -2.02. The topological polar surface area (TPSA) is 103 Å². The number of carboxylic acids is 1. The first-order valence-electron chi connectivity index (χ1n) is 6.72. The summed E-state index contributed by atoms with van der Waals surface area (Å²) < 4.78 is 5.03. The van der Waals surface area contributed by atoms with E-state index in [0.717, 1.165) is 6.42 Å². The average Bonchev–Trinajstić information content (AvgIpc) is 2.75. The third kappa shape index (κ3) is 5.47. The molecule has 0 aromatic carbocycles. The molecule has 1 aromatic rings. The van der Waals surface area contributed by atoms with Gasteiger partial charge in [-0.15, -0.1) is 0 Å². The van der Waals surface area contributed by atoms with Gasteiger partial charge in [-0.05, 0) is 24.8 Å². The normalized spacial score (nSPS) is 11.2. The Labute approximate surface area is 124 Å². The predicted octanol–water partition coefficient (Wildman–Crippen LogP) is 2.21. The van der Waals surface area contributed by atoms with Gasteiger partial charge in [0.15, 0.2) is 0 Å². The molecule has 0 bridgehead atoms. The first-order chi connectivity index (χ1) is 9.75. The van der Waals surface area contributed by atoms with E-state index in [9.17, 15) is 9.59 Å². The second kappa shape index (κ2) is 7.12. The van der Waals surface area contributed by atoms with Crippen molar-refractivity contribution in [3.05, 3.63) is 17.5 Å². The number of rotatable bonds is 7. The minimum Gasteiger partial charge on any atom is -0.477 e. The number of aromatic carboxylic acids is 1. The lowest BCUT2D eigenvalue weighted by atomic mass is 9.90. The number of anilines is 1. The molecule has 21 heavy (non-hydrogen) atoms. The van der Waals surface area contributed by atoms with E-state index in [4.69, 9.17) is 9.84 Å². The summed E-state index contributed by atoms with van der Waals surface area (Å²) >= 11 is 0. The molecule has 0 aliphatic heterocycles. The van der Waals surface area contributed by atoms with Crippen molar-refractivity contribution in [3.8, 4) is 0 Å². The van der Waals surface area contributed by atoms with E-state index in [0.29, 0.717) is 18.8 Å². The summed E-state index contributed by atoms with van der Waals surface area (Å²) in [6.07, 6.45) is 0.813. The highest BCUT2D eigenvalue weighted by Crippen LogP contribution is 2.19. The van der Waals surface area contributed by atoms with Crippen LogP contribution in [-0.2, 0) is 4.74 Å². The van der Waals surface area contributed by atoms with Gasteiger partial charge in [0.2, 0.25) is 0 Å². The van der Waals surface area contributed by atoms with Gasteiger partial charge in [0, 0.05) is 26.0 Å². The molecule has 0 unspecified atom stereocenters. The quantitative estimate of drug-likeness (QED) is 0.619. The highest BCUT2D eigenvalue weighted by atomic mass is 16.5. The van der Waals surface area contributed by atoms with Crippen LogP contribution in [0.5, 0.6) is 0 Å². The molecule has 4 N–H and O–H groups in total. The molecule has 2 amide bonds. The number of H-pyrrole nitrogens is 1. The smallest absolute Gasteiger partial charge is 0.354 e. The van der Waals surface area contributed by atoms with Crippen molar-refractivity contribution in [1.29, 1.82) is 0 Å². The number of carbonyl (C=O) groups is 2. The summed E-state index contributed by atoms with van der Waals surface area (Å²) in [4.78, 5) is 25.6. The zero-order valence-corrected chi connectivity index (χ0v) is 12.9. The average molecular weight is 297 g/mol. The maximum Gasteiger partial charge on any atom is 0.354 e. The Morgan fingerprint density at radius 3 is 2.67 bits per heavy atom. The second-order valence-corrected chi connectivity index (χ2v) is 5.76. The Morgan fingerprint density at radius 1 is 1.43 bits per heavy atom. The number of urea groups is 1. The molecular weight excluding hydrogens is 274 g/mol. The lowest BCUT2D eigenvalue weighted by Crippen LogP contribution is -2.37. The van der Waals surface area contributed by atoms with Crippen LogP contribution >= 0.6 is 0 Å². The van der Waals surface area contributed by atoms with Crippen LogP contribution in [0.2, 0.25) is 0 Å². The van der Waals surface area contributed by atoms with Crippen LogP contribution in [0, 0.1) is 12.3 Å². The summed E-state index contributed by atoms with van der Waals surface area (Å²) in [6.45, 7) is 6.86. The Kier molecular flexibility index (Phi) is 5.78. The molecular formula is C14H23N3O4. The number of nitrogens with one attached hydrogen (secondary N) is 3. The van der Waals surface area contributed by atoms with Gasteiger partial charge in [-0.2, -0.15) is 0 Å². The van der Waals surface area contributed by atoms with E-state index in [1.165, 1.54) is 0 Å². The van der Waals surface area contributed by atoms with Crippen LogP contribution in [0.15, 0.2) is 6.07 Å². The molecule has 0 spiro atoms. The molecule has 0 saturated heterocycles. The summed E-state index contributed by atoms with van der Waals surface area (Å²) in [5, 5.41) is 14.3. The summed E-state index contributed by atoms with van der Waals surface area (Å²) in [6, 6.07) is 1.15. The molecule has 0 fully saturated rings. The molecule has 0 aliphatic carbocycles. The highest BCUT2D eigenvalue weighted by molar-refractivity contribution is 5.99. The molecule has 0 aliphatic rings. The summed E-state index contributed by atoms with van der Waals surface area (Å²) in [5.41, 5.74) is 0.799. The van der Waals surface area contributed by atoms with Gasteiger partial charge >= 0.3 is 12.0 Å². The molecule has 0 saturated carbocycles. The number of aromatic nitrogens is 1. The van der Waals surface area contributed by atoms with Crippen molar-refractivity contribution in [2.24, 2.45) is 5.41 Å². The third-order valence-electron chi connectivity index (χ3n) is 3.12. The van der Waals surface area contributed by atoms with Crippen LogP contribution in [-0.4, -0.2) is 42.4 Å². The van der Waals surface area contributed by atoms with Crippen molar-refractivity contribution in [1.82, 2.24) is 10.3 Å². The van der Waals surface area contributed by atoms with Crippen molar-refractivity contribution < 1.29 is 19.4 Å². The maximum absolute atomic E-state index is 11.9. The minimum atomic E-state index is -1.11. The van der Waals surface area contributed by atoms with Crippen LogP contribution in [0.1, 0.15) is 36.5 Å². The van der Waals surface area contributed by atoms with Crippen molar-refractivity contribution >= 4 is 17.7 Å². The molecule has 1 aromatic heterocycles. The van der Waals surface area contributed by atoms with Gasteiger partial charge in [-0.3, -0.25) is 0 Å². The van der Waals surface area contributed by atoms with E-state index in [1.807, 2.05) is 13.8 Å². The number of aryl methyl sites for hydroxylation is 1. The fourth-order valence-electron chi connectivity index (χ4n) is 1.81. The Bertz CT molecular complexity index is 508. The fraction of sp³-hybridized carbons (Fsp3) is 0.571. The highest BCUT2D eigenvalue weighted by Gasteiger charge is 2.20. The lowest BCUT2D eigenvalue weighted by Gasteiger charge is -2.24. The summed E-state index contributed by atoms with van der Waals surface area (Å²) in [5.74, 6) is -1.11. The molecule has 118 valence electrons. The van der Waals surface area contributed by atoms with E-state index < -0.39 is 12.0 Å². The molecule has 1 rings (SSSR count). The molecule has 0 atom stereocenters. The van der Waals surface area contributed by atoms with Crippen molar-refractivity contribution in [2.45, 2.75) is 27.2 Å².